The summed E-state index contributed by atoms with van der Waals surface area (Å²) in [4.78, 5) is 11.3. The molecule has 1 atom stereocenters. The number of rotatable bonds is 2. The minimum Gasteiger partial charge on any atom is -0.482 e. The molecule has 3 rings (SSSR count). The van der Waals surface area contributed by atoms with Gasteiger partial charge in [-0.25, -0.2) is 8.78 Å². The summed E-state index contributed by atoms with van der Waals surface area (Å²) in [5, 5.41) is 12.8. The zero-order chi connectivity index (χ0) is 15.0. The molecule has 0 bridgehead atoms. The molecule has 0 aliphatic carbocycles. The SMILES string of the molecule is O=C1COc2ccc(C(O)c3c(F)cccc3F)cc2N1. The number of nitrogens with one attached hydrogen (secondary N) is 1. The van der Waals surface area contributed by atoms with E-state index in [2.05, 4.69) is 5.32 Å². The minimum atomic E-state index is -1.48. The number of carbonyl (C=O) groups is 1. The van der Waals surface area contributed by atoms with Gasteiger partial charge in [0.15, 0.2) is 6.61 Å². The molecule has 21 heavy (non-hydrogen) atoms. The Morgan fingerprint density at radius 1 is 1.19 bits per heavy atom. The first-order valence-electron chi connectivity index (χ1n) is 6.25. The first-order valence-corrected chi connectivity index (χ1v) is 6.25. The topological polar surface area (TPSA) is 58.6 Å². The molecular formula is C15H11F2NO3. The molecule has 1 aliphatic heterocycles. The van der Waals surface area contributed by atoms with Crippen molar-refractivity contribution in [2.45, 2.75) is 6.10 Å². The quantitative estimate of drug-likeness (QED) is 0.893. The minimum absolute atomic E-state index is 0.0865. The predicted octanol–water partition coefficient (Wildman–Crippen LogP) is 2.38. The molecule has 0 aromatic heterocycles. The smallest absolute Gasteiger partial charge is 0.262 e. The van der Waals surface area contributed by atoms with E-state index in [9.17, 15) is 18.7 Å². The van der Waals surface area contributed by atoms with E-state index in [-0.39, 0.29) is 18.1 Å². The number of halogens is 2. The molecule has 6 heteroatoms. The molecule has 2 aromatic rings. The second kappa shape index (κ2) is 5.14. The molecule has 0 spiro atoms. The fourth-order valence-corrected chi connectivity index (χ4v) is 2.21. The van der Waals surface area contributed by atoms with Gasteiger partial charge in [0.05, 0.1) is 11.3 Å². The fourth-order valence-electron chi connectivity index (χ4n) is 2.21. The van der Waals surface area contributed by atoms with E-state index in [1.54, 1.807) is 0 Å². The summed E-state index contributed by atoms with van der Waals surface area (Å²) >= 11 is 0. The Kier molecular flexibility index (Phi) is 3.31. The number of amides is 1. The van der Waals surface area contributed by atoms with Gasteiger partial charge in [0.1, 0.15) is 23.5 Å². The van der Waals surface area contributed by atoms with E-state index in [4.69, 9.17) is 4.74 Å². The summed E-state index contributed by atoms with van der Waals surface area (Å²) in [7, 11) is 0. The van der Waals surface area contributed by atoms with Crippen molar-refractivity contribution in [3.63, 3.8) is 0 Å². The highest BCUT2D eigenvalue weighted by Crippen LogP contribution is 2.33. The molecule has 108 valence electrons. The molecule has 4 nitrogen and oxygen atoms in total. The molecule has 1 heterocycles. The normalized spacial score (nSPS) is 14.9. The van der Waals surface area contributed by atoms with Gasteiger partial charge in [0, 0.05) is 0 Å². The van der Waals surface area contributed by atoms with Crippen molar-refractivity contribution >= 4 is 11.6 Å². The number of carbonyl (C=O) groups excluding carboxylic acids is 1. The highest BCUT2D eigenvalue weighted by molar-refractivity contribution is 5.95. The Morgan fingerprint density at radius 2 is 1.90 bits per heavy atom. The second-order valence-electron chi connectivity index (χ2n) is 4.63. The van der Waals surface area contributed by atoms with Gasteiger partial charge < -0.3 is 15.2 Å². The molecule has 0 radical (unpaired) electrons. The summed E-state index contributed by atoms with van der Waals surface area (Å²) in [6.07, 6.45) is -1.48. The van der Waals surface area contributed by atoms with Crippen LogP contribution in [0, 0.1) is 11.6 Å². The van der Waals surface area contributed by atoms with Gasteiger partial charge in [-0.2, -0.15) is 0 Å². The fraction of sp³-hybridized carbons (Fsp3) is 0.133. The van der Waals surface area contributed by atoms with Crippen molar-refractivity contribution < 1.29 is 23.4 Å². The summed E-state index contributed by atoms with van der Waals surface area (Å²) in [6, 6.07) is 7.83. The number of hydrogen-bond acceptors (Lipinski definition) is 3. The molecule has 1 unspecified atom stereocenters. The largest absolute Gasteiger partial charge is 0.482 e. The monoisotopic (exact) mass is 291 g/mol. The van der Waals surface area contributed by atoms with Gasteiger partial charge in [-0.1, -0.05) is 12.1 Å². The second-order valence-corrected chi connectivity index (χ2v) is 4.63. The summed E-state index contributed by atoms with van der Waals surface area (Å²) < 4.78 is 32.6. The van der Waals surface area contributed by atoms with Crippen LogP contribution >= 0.6 is 0 Å². The maximum absolute atomic E-state index is 13.7. The van der Waals surface area contributed by atoms with Crippen LogP contribution in [-0.2, 0) is 4.79 Å². The molecule has 2 N–H and O–H groups in total. The summed E-state index contributed by atoms with van der Waals surface area (Å²) in [5.74, 6) is -1.55. The average molecular weight is 291 g/mol. The number of ether oxygens (including phenoxy) is 1. The van der Waals surface area contributed by atoms with Crippen LogP contribution in [0.15, 0.2) is 36.4 Å². The molecule has 0 saturated carbocycles. The van der Waals surface area contributed by atoms with E-state index in [0.29, 0.717) is 11.4 Å². The van der Waals surface area contributed by atoms with Crippen LogP contribution in [0.3, 0.4) is 0 Å². The Morgan fingerprint density at radius 3 is 2.62 bits per heavy atom. The van der Waals surface area contributed by atoms with Crippen LogP contribution in [0.25, 0.3) is 0 Å². The lowest BCUT2D eigenvalue weighted by Crippen LogP contribution is -2.25. The highest BCUT2D eigenvalue weighted by atomic mass is 19.1. The molecule has 0 saturated heterocycles. The van der Waals surface area contributed by atoms with Crippen LogP contribution < -0.4 is 10.1 Å². The highest BCUT2D eigenvalue weighted by Gasteiger charge is 2.22. The third-order valence-corrected chi connectivity index (χ3v) is 3.23. The summed E-state index contributed by atoms with van der Waals surface area (Å²) in [6.45, 7) is -0.0865. The summed E-state index contributed by atoms with van der Waals surface area (Å²) in [5.41, 5.74) is 0.184. The van der Waals surface area contributed by atoms with Crippen LogP contribution in [0.2, 0.25) is 0 Å². The lowest BCUT2D eigenvalue weighted by molar-refractivity contribution is -0.118. The van der Waals surface area contributed by atoms with Gasteiger partial charge in [0.25, 0.3) is 5.91 Å². The van der Waals surface area contributed by atoms with Crippen molar-refractivity contribution in [2.24, 2.45) is 0 Å². The Hall–Kier alpha value is -2.47. The third kappa shape index (κ3) is 2.45. The van der Waals surface area contributed by atoms with E-state index in [1.165, 1.54) is 24.3 Å². The van der Waals surface area contributed by atoms with Crippen molar-refractivity contribution in [1.29, 1.82) is 0 Å². The van der Waals surface area contributed by atoms with Crippen LogP contribution in [-0.4, -0.2) is 17.6 Å². The van der Waals surface area contributed by atoms with Gasteiger partial charge in [-0.15, -0.1) is 0 Å². The molecule has 0 fully saturated rings. The van der Waals surface area contributed by atoms with Gasteiger partial charge in [-0.3, -0.25) is 4.79 Å². The predicted molar refractivity (Wildman–Crippen MR) is 71.0 cm³/mol. The Balaban J connectivity index is 2.01. The van der Waals surface area contributed by atoms with Crippen molar-refractivity contribution in [2.75, 3.05) is 11.9 Å². The van der Waals surface area contributed by atoms with E-state index in [1.807, 2.05) is 0 Å². The maximum atomic E-state index is 13.7. The standard InChI is InChI=1S/C15H11F2NO3/c16-9-2-1-3-10(17)14(9)15(20)8-4-5-12-11(6-8)18-13(19)7-21-12/h1-6,15,20H,7H2,(H,18,19). The number of benzene rings is 2. The number of aliphatic hydroxyl groups is 1. The lowest BCUT2D eigenvalue weighted by Gasteiger charge is -2.20. The van der Waals surface area contributed by atoms with E-state index in [0.717, 1.165) is 12.1 Å². The van der Waals surface area contributed by atoms with Gasteiger partial charge >= 0.3 is 0 Å². The number of fused-ring (bicyclic) bond motifs is 1. The molecule has 1 aliphatic rings. The first-order chi connectivity index (χ1) is 10.1. The van der Waals surface area contributed by atoms with Crippen LogP contribution in [0.4, 0.5) is 14.5 Å². The van der Waals surface area contributed by atoms with E-state index < -0.39 is 23.3 Å². The number of aliphatic hydroxyl groups excluding tert-OH is 1. The molecule has 2 aromatic carbocycles. The third-order valence-electron chi connectivity index (χ3n) is 3.23. The van der Waals surface area contributed by atoms with Crippen molar-refractivity contribution in [1.82, 2.24) is 0 Å². The van der Waals surface area contributed by atoms with Crippen molar-refractivity contribution in [3.05, 3.63) is 59.2 Å². The van der Waals surface area contributed by atoms with Gasteiger partial charge in [-0.05, 0) is 29.8 Å². The molecular weight excluding hydrogens is 280 g/mol. The maximum Gasteiger partial charge on any atom is 0.262 e. The first kappa shape index (κ1) is 13.5. The Labute approximate surface area is 119 Å². The van der Waals surface area contributed by atoms with E-state index >= 15 is 0 Å². The zero-order valence-electron chi connectivity index (χ0n) is 10.8. The Bertz CT molecular complexity index is 698. The van der Waals surface area contributed by atoms with Crippen LogP contribution in [0.5, 0.6) is 5.75 Å². The molecule has 1 amide bonds. The zero-order valence-corrected chi connectivity index (χ0v) is 10.8. The van der Waals surface area contributed by atoms with Crippen molar-refractivity contribution in [3.8, 4) is 5.75 Å². The van der Waals surface area contributed by atoms with Crippen LogP contribution in [0.1, 0.15) is 17.2 Å². The van der Waals surface area contributed by atoms with Gasteiger partial charge in [0.2, 0.25) is 0 Å². The lowest BCUT2D eigenvalue weighted by atomic mass is 9.99. The number of hydrogen-bond donors (Lipinski definition) is 2. The number of anilines is 1. The average Bonchev–Trinajstić information content (AvgIpc) is 2.46.